The van der Waals surface area contributed by atoms with Crippen LogP contribution in [0.3, 0.4) is 0 Å². The molecule has 2 N–H and O–H groups in total. The van der Waals surface area contributed by atoms with E-state index in [0.29, 0.717) is 5.95 Å². The number of fused-ring (bicyclic) bond motifs is 1. The van der Waals surface area contributed by atoms with Gasteiger partial charge in [0.1, 0.15) is 5.82 Å². The fourth-order valence-corrected chi connectivity index (χ4v) is 3.29. The predicted molar refractivity (Wildman–Crippen MR) is 101 cm³/mol. The number of aliphatic hydroxyl groups is 1. The van der Waals surface area contributed by atoms with Crippen LogP contribution >= 0.6 is 0 Å². The molecule has 2 heterocycles. The highest BCUT2D eigenvalue weighted by atomic mass is 16.3. The molecule has 0 bridgehead atoms. The van der Waals surface area contributed by atoms with Gasteiger partial charge in [-0.1, -0.05) is 24.3 Å². The third-order valence-corrected chi connectivity index (χ3v) is 4.61. The lowest BCUT2D eigenvalue weighted by Gasteiger charge is -2.19. The standard InChI is InChI=1S/C20H22N4O/c1-14(25)15-7-6-8-16(13-15)21-20-22-18-10-3-2-9-17(18)19(23-20)24-11-4-5-12-24/h2-3,6-10,13-14,25H,4-5,11-12H2,1H3,(H,21,22,23). The Kier molecular flexibility index (Phi) is 4.24. The number of anilines is 3. The first-order valence-electron chi connectivity index (χ1n) is 8.77. The van der Waals surface area contributed by atoms with E-state index in [0.717, 1.165) is 41.1 Å². The van der Waals surface area contributed by atoms with E-state index in [2.05, 4.69) is 21.3 Å². The van der Waals surface area contributed by atoms with Crippen LogP contribution in [-0.2, 0) is 0 Å². The third-order valence-electron chi connectivity index (χ3n) is 4.61. The van der Waals surface area contributed by atoms with Crippen molar-refractivity contribution >= 4 is 28.4 Å². The predicted octanol–water partition coefficient (Wildman–Crippen LogP) is 4.03. The monoisotopic (exact) mass is 334 g/mol. The molecule has 1 aliphatic rings. The van der Waals surface area contributed by atoms with Crippen molar-refractivity contribution in [2.24, 2.45) is 0 Å². The Hall–Kier alpha value is -2.66. The number of nitrogens with zero attached hydrogens (tertiary/aromatic N) is 3. The van der Waals surface area contributed by atoms with E-state index in [1.54, 1.807) is 6.92 Å². The molecule has 5 heteroatoms. The van der Waals surface area contributed by atoms with Crippen LogP contribution < -0.4 is 10.2 Å². The summed E-state index contributed by atoms with van der Waals surface area (Å²) >= 11 is 0. The minimum absolute atomic E-state index is 0.501. The van der Waals surface area contributed by atoms with Crippen molar-refractivity contribution in [3.05, 3.63) is 54.1 Å². The largest absolute Gasteiger partial charge is 0.389 e. The van der Waals surface area contributed by atoms with Gasteiger partial charge in [-0.15, -0.1) is 0 Å². The average molecular weight is 334 g/mol. The highest BCUT2D eigenvalue weighted by Crippen LogP contribution is 2.29. The third kappa shape index (κ3) is 3.28. The highest BCUT2D eigenvalue weighted by molar-refractivity contribution is 5.90. The normalized spacial score (nSPS) is 15.5. The van der Waals surface area contributed by atoms with Crippen LogP contribution in [0, 0.1) is 0 Å². The van der Waals surface area contributed by atoms with Gasteiger partial charge in [0.05, 0.1) is 11.6 Å². The van der Waals surface area contributed by atoms with Crippen molar-refractivity contribution in [2.75, 3.05) is 23.3 Å². The van der Waals surface area contributed by atoms with Gasteiger partial charge in [0.15, 0.2) is 0 Å². The first-order chi connectivity index (χ1) is 12.2. The number of rotatable bonds is 4. The van der Waals surface area contributed by atoms with Gasteiger partial charge in [-0.3, -0.25) is 0 Å². The Morgan fingerprint density at radius 2 is 1.84 bits per heavy atom. The molecule has 1 unspecified atom stereocenters. The molecule has 1 fully saturated rings. The summed E-state index contributed by atoms with van der Waals surface area (Å²) in [6.45, 7) is 3.84. The SMILES string of the molecule is CC(O)c1cccc(Nc2nc(N3CCCC3)c3ccccc3n2)c1. The van der Waals surface area contributed by atoms with Crippen LogP contribution in [0.2, 0.25) is 0 Å². The van der Waals surface area contributed by atoms with Crippen molar-refractivity contribution in [3.8, 4) is 0 Å². The second-order valence-corrected chi connectivity index (χ2v) is 6.51. The summed E-state index contributed by atoms with van der Waals surface area (Å²) in [4.78, 5) is 11.8. The lowest BCUT2D eigenvalue weighted by atomic mass is 10.1. The van der Waals surface area contributed by atoms with Gasteiger partial charge < -0.3 is 15.3 Å². The number of para-hydroxylation sites is 1. The zero-order valence-electron chi connectivity index (χ0n) is 14.3. The van der Waals surface area contributed by atoms with Crippen molar-refractivity contribution in [1.29, 1.82) is 0 Å². The Balaban J connectivity index is 1.73. The first-order valence-corrected chi connectivity index (χ1v) is 8.77. The number of benzene rings is 2. The van der Waals surface area contributed by atoms with Crippen LogP contribution in [0.15, 0.2) is 48.5 Å². The summed E-state index contributed by atoms with van der Waals surface area (Å²) in [7, 11) is 0. The number of aromatic nitrogens is 2. The molecule has 0 radical (unpaired) electrons. The Bertz CT molecular complexity index is 888. The molecule has 25 heavy (non-hydrogen) atoms. The van der Waals surface area contributed by atoms with Crippen molar-refractivity contribution < 1.29 is 5.11 Å². The summed E-state index contributed by atoms with van der Waals surface area (Å²) in [5, 5.41) is 14.2. The van der Waals surface area contributed by atoms with Crippen molar-refractivity contribution in [1.82, 2.24) is 9.97 Å². The molecular formula is C20H22N4O. The molecular weight excluding hydrogens is 312 g/mol. The van der Waals surface area contributed by atoms with Crippen LogP contribution in [0.1, 0.15) is 31.4 Å². The number of aliphatic hydroxyl groups excluding tert-OH is 1. The second kappa shape index (κ2) is 6.69. The van der Waals surface area contributed by atoms with Gasteiger partial charge in [-0.05, 0) is 49.6 Å². The molecule has 0 saturated carbocycles. The molecule has 1 aliphatic heterocycles. The molecule has 1 aromatic heterocycles. The topological polar surface area (TPSA) is 61.3 Å². The maximum absolute atomic E-state index is 9.78. The van der Waals surface area contributed by atoms with Gasteiger partial charge in [-0.25, -0.2) is 4.98 Å². The van der Waals surface area contributed by atoms with E-state index >= 15 is 0 Å². The molecule has 0 amide bonds. The lowest BCUT2D eigenvalue weighted by molar-refractivity contribution is 0.199. The number of hydrogen-bond acceptors (Lipinski definition) is 5. The minimum atomic E-state index is -0.501. The summed E-state index contributed by atoms with van der Waals surface area (Å²) in [6.07, 6.45) is 1.91. The molecule has 1 atom stereocenters. The molecule has 4 rings (SSSR count). The molecule has 5 nitrogen and oxygen atoms in total. The van der Waals surface area contributed by atoms with E-state index in [9.17, 15) is 5.11 Å². The minimum Gasteiger partial charge on any atom is -0.389 e. The summed E-state index contributed by atoms with van der Waals surface area (Å²) in [6, 6.07) is 15.9. The number of hydrogen-bond donors (Lipinski definition) is 2. The first kappa shape index (κ1) is 15.8. The van der Waals surface area contributed by atoms with Crippen LogP contribution in [0.5, 0.6) is 0 Å². The number of nitrogens with one attached hydrogen (secondary N) is 1. The van der Waals surface area contributed by atoms with Gasteiger partial charge in [0.25, 0.3) is 0 Å². The summed E-state index contributed by atoms with van der Waals surface area (Å²) in [5.74, 6) is 1.58. The quantitative estimate of drug-likeness (QED) is 0.754. The van der Waals surface area contributed by atoms with E-state index in [-0.39, 0.29) is 0 Å². The van der Waals surface area contributed by atoms with Crippen LogP contribution in [-0.4, -0.2) is 28.2 Å². The maximum atomic E-state index is 9.78. The summed E-state index contributed by atoms with van der Waals surface area (Å²) in [5.41, 5.74) is 2.68. The smallest absolute Gasteiger partial charge is 0.229 e. The zero-order valence-corrected chi connectivity index (χ0v) is 14.3. The van der Waals surface area contributed by atoms with E-state index in [1.807, 2.05) is 42.5 Å². The van der Waals surface area contributed by atoms with Crippen LogP contribution in [0.4, 0.5) is 17.5 Å². The van der Waals surface area contributed by atoms with Gasteiger partial charge in [0.2, 0.25) is 5.95 Å². The van der Waals surface area contributed by atoms with E-state index < -0.39 is 6.10 Å². The molecule has 2 aromatic carbocycles. The zero-order chi connectivity index (χ0) is 17.2. The Labute approximate surface area is 147 Å². The molecule has 128 valence electrons. The lowest BCUT2D eigenvalue weighted by Crippen LogP contribution is -2.20. The molecule has 0 aliphatic carbocycles. The van der Waals surface area contributed by atoms with Gasteiger partial charge >= 0.3 is 0 Å². The average Bonchev–Trinajstić information content (AvgIpc) is 3.16. The molecule has 1 saturated heterocycles. The molecule has 0 spiro atoms. The van der Waals surface area contributed by atoms with Gasteiger partial charge in [0, 0.05) is 24.2 Å². The van der Waals surface area contributed by atoms with Crippen molar-refractivity contribution in [3.63, 3.8) is 0 Å². The summed E-state index contributed by atoms with van der Waals surface area (Å²) < 4.78 is 0. The van der Waals surface area contributed by atoms with Gasteiger partial charge in [-0.2, -0.15) is 4.98 Å². The molecule has 3 aromatic rings. The van der Waals surface area contributed by atoms with E-state index in [1.165, 1.54) is 12.8 Å². The fourth-order valence-electron chi connectivity index (χ4n) is 3.29. The van der Waals surface area contributed by atoms with E-state index in [4.69, 9.17) is 4.98 Å². The van der Waals surface area contributed by atoms with Crippen LogP contribution in [0.25, 0.3) is 10.9 Å². The Morgan fingerprint density at radius 1 is 1.04 bits per heavy atom. The van der Waals surface area contributed by atoms with Crippen molar-refractivity contribution in [2.45, 2.75) is 25.9 Å². The fraction of sp³-hybridized carbons (Fsp3) is 0.300. The maximum Gasteiger partial charge on any atom is 0.229 e. The second-order valence-electron chi connectivity index (χ2n) is 6.51. The highest BCUT2D eigenvalue weighted by Gasteiger charge is 2.18. The Morgan fingerprint density at radius 3 is 2.64 bits per heavy atom.